The number of carbonyl (C=O) groups is 1. The van der Waals surface area contributed by atoms with Crippen molar-refractivity contribution in [1.82, 2.24) is 0 Å². The van der Waals surface area contributed by atoms with E-state index in [0.717, 1.165) is 31.3 Å². The highest BCUT2D eigenvalue weighted by molar-refractivity contribution is 5.82. The Kier molecular flexibility index (Phi) is 8.88. The molecule has 1 fully saturated rings. The van der Waals surface area contributed by atoms with Crippen LogP contribution in [0, 0.1) is 5.92 Å². The van der Waals surface area contributed by atoms with Crippen molar-refractivity contribution in [3.8, 4) is 0 Å². The quantitative estimate of drug-likeness (QED) is 0.664. The topological polar surface area (TPSA) is 66.8 Å². The van der Waals surface area contributed by atoms with E-state index >= 15 is 0 Å². The van der Waals surface area contributed by atoms with Crippen LogP contribution < -0.4 is 0 Å². The summed E-state index contributed by atoms with van der Waals surface area (Å²) in [5, 5.41) is 19.4. The number of hydrogen-bond donors (Lipinski definition) is 2. The summed E-state index contributed by atoms with van der Waals surface area (Å²) in [4.78, 5) is 12.1. The average Bonchev–Trinajstić information content (AvgIpc) is 2.66. The number of hydrogen-bond acceptors (Lipinski definition) is 4. The Morgan fingerprint density at radius 2 is 2.17 bits per heavy atom. The number of ether oxygens (including phenoxy) is 1. The summed E-state index contributed by atoms with van der Waals surface area (Å²) in [7, 11) is 0. The molecule has 1 rings (SSSR count). The van der Waals surface area contributed by atoms with E-state index in [1.807, 2.05) is 33.8 Å². The fourth-order valence-electron chi connectivity index (χ4n) is 3.01. The van der Waals surface area contributed by atoms with Crippen LogP contribution in [-0.2, 0) is 9.53 Å². The minimum Gasteiger partial charge on any atom is -0.392 e. The second-order valence-electron chi connectivity index (χ2n) is 7.45. The summed E-state index contributed by atoms with van der Waals surface area (Å²) in [6, 6.07) is 0. The lowest BCUT2D eigenvalue weighted by Crippen LogP contribution is -2.41. The van der Waals surface area contributed by atoms with Crippen LogP contribution in [0.5, 0.6) is 0 Å². The minimum atomic E-state index is -0.576. The molecule has 0 bridgehead atoms. The molecule has 0 saturated carbocycles. The zero-order valence-electron chi connectivity index (χ0n) is 15.7. The van der Waals surface area contributed by atoms with Gasteiger partial charge in [-0.1, -0.05) is 24.6 Å². The van der Waals surface area contributed by atoms with Gasteiger partial charge in [-0.15, -0.1) is 0 Å². The van der Waals surface area contributed by atoms with E-state index in [1.165, 1.54) is 5.57 Å². The second kappa shape index (κ2) is 10.1. The Hall–Kier alpha value is -0.970. The first kappa shape index (κ1) is 21.1. The SMILES string of the molecule is CC(C)=CCC(=O)C(C)CCCC1(C)OCC(=CCO)CC[C@H]1O. The molecule has 0 spiro atoms. The minimum absolute atomic E-state index is 0.0107. The fourth-order valence-corrected chi connectivity index (χ4v) is 3.01. The van der Waals surface area contributed by atoms with Crippen LogP contribution in [0.2, 0.25) is 0 Å². The molecule has 0 aliphatic carbocycles. The Morgan fingerprint density at radius 3 is 2.79 bits per heavy atom. The van der Waals surface area contributed by atoms with Gasteiger partial charge in [0.2, 0.25) is 0 Å². The van der Waals surface area contributed by atoms with E-state index in [-0.39, 0.29) is 18.3 Å². The molecule has 24 heavy (non-hydrogen) atoms. The van der Waals surface area contributed by atoms with Gasteiger partial charge in [0.15, 0.2) is 0 Å². The number of aliphatic hydroxyl groups excluding tert-OH is 2. The summed E-state index contributed by atoms with van der Waals surface area (Å²) < 4.78 is 5.97. The summed E-state index contributed by atoms with van der Waals surface area (Å²) in [6.07, 6.45) is 7.56. The maximum atomic E-state index is 12.1. The molecule has 0 aromatic carbocycles. The van der Waals surface area contributed by atoms with E-state index in [2.05, 4.69) is 0 Å². The fraction of sp³-hybridized carbons (Fsp3) is 0.750. The van der Waals surface area contributed by atoms with Crippen LogP contribution in [0.1, 0.15) is 66.2 Å². The molecule has 1 aliphatic heterocycles. The van der Waals surface area contributed by atoms with Crippen molar-refractivity contribution in [1.29, 1.82) is 0 Å². The van der Waals surface area contributed by atoms with Crippen molar-refractivity contribution in [2.75, 3.05) is 13.2 Å². The first-order chi connectivity index (χ1) is 11.3. The molecule has 0 aromatic rings. The van der Waals surface area contributed by atoms with Gasteiger partial charge >= 0.3 is 0 Å². The smallest absolute Gasteiger partial charge is 0.139 e. The highest BCUT2D eigenvalue weighted by Crippen LogP contribution is 2.31. The summed E-state index contributed by atoms with van der Waals surface area (Å²) in [5.41, 5.74) is 1.64. The predicted octanol–water partition coefficient (Wildman–Crippen LogP) is 3.57. The first-order valence-electron chi connectivity index (χ1n) is 9.05. The van der Waals surface area contributed by atoms with Crippen LogP contribution in [0.3, 0.4) is 0 Å². The Labute approximate surface area is 146 Å². The first-order valence-corrected chi connectivity index (χ1v) is 9.05. The van der Waals surface area contributed by atoms with Gasteiger partial charge in [0.05, 0.1) is 24.9 Å². The largest absolute Gasteiger partial charge is 0.392 e. The van der Waals surface area contributed by atoms with Crippen LogP contribution in [0.25, 0.3) is 0 Å². The molecule has 0 radical (unpaired) electrons. The highest BCUT2D eigenvalue weighted by atomic mass is 16.5. The molecule has 1 heterocycles. The van der Waals surface area contributed by atoms with Crippen molar-refractivity contribution in [2.45, 2.75) is 77.9 Å². The maximum absolute atomic E-state index is 12.1. The zero-order chi connectivity index (χ0) is 18.2. The molecule has 0 amide bonds. The molecular formula is C20H34O4. The van der Waals surface area contributed by atoms with Crippen LogP contribution in [0.4, 0.5) is 0 Å². The van der Waals surface area contributed by atoms with Gasteiger partial charge in [-0.05, 0) is 58.4 Å². The molecular weight excluding hydrogens is 304 g/mol. The highest BCUT2D eigenvalue weighted by Gasteiger charge is 2.35. The molecule has 2 unspecified atom stereocenters. The Morgan fingerprint density at radius 1 is 1.46 bits per heavy atom. The number of Topliss-reactive ketones (excluding diaryl/α,β-unsaturated/α-hetero) is 1. The third kappa shape index (κ3) is 6.88. The van der Waals surface area contributed by atoms with Gasteiger partial charge < -0.3 is 14.9 Å². The predicted molar refractivity (Wildman–Crippen MR) is 96.8 cm³/mol. The van der Waals surface area contributed by atoms with Gasteiger partial charge in [0.1, 0.15) is 5.78 Å². The number of ketones is 1. The van der Waals surface area contributed by atoms with Gasteiger partial charge in [0.25, 0.3) is 0 Å². The standard InChI is InChI=1S/C20H34O4/c1-15(2)7-9-18(22)16(3)6-5-12-20(4)19(23)10-8-17(11-13-21)14-24-20/h7,11,16,19,21,23H,5-6,8-10,12-14H2,1-4H3/t16?,19-,20?/m1/s1. The molecule has 3 atom stereocenters. The van der Waals surface area contributed by atoms with Crippen molar-refractivity contribution >= 4 is 5.78 Å². The Bertz CT molecular complexity index is 462. The van der Waals surface area contributed by atoms with Gasteiger partial charge in [0, 0.05) is 12.3 Å². The van der Waals surface area contributed by atoms with Crippen molar-refractivity contribution in [3.63, 3.8) is 0 Å². The van der Waals surface area contributed by atoms with E-state index in [9.17, 15) is 9.90 Å². The normalized spacial score (nSPS) is 27.6. The third-order valence-corrected chi connectivity index (χ3v) is 4.98. The molecule has 0 aromatic heterocycles. The van der Waals surface area contributed by atoms with Gasteiger partial charge in [-0.2, -0.15) is 0 Å². The average molecular weight is 338 g/mol. The van der Waals surface area contributed by atoms with Gasteiger partial charge in [-0.3, -0.25) is 4.79 Å². The molecule has 138 valence electrons. The van der Waals surface area contributed by atoms with E-state index in [1.54, 1.807) is 6.08 Å². The number of carbonyl (C=O) groups excluding carboxylic acids is 1. The lowest BCUT2D eigenvalue weighted by atomic mass is 9.87. The van der Waals surface area contributed by atoms with Crippen LogP contribution in [-0.4, -0.2) is 40.9 Å². The summed E-state index contributed by atoms with van der Waals surface area (Å²) in [6.45, 7) is 8.41. The maximum Gasteiger partial charge on any atom is 0.139 e. The molecule has 1 saturated heterocycles. The lowest BCUT2D eigenvalue weighted by Gasteiger charge is -2.33. The monoisotopic (exact) mass is 338 g/mol. The Balaban J connectivity index is 2.48. The molecule has 1 aliphatic rings. The third-order valence-electron chi connectivity index (χ3n) is 4.98. The number of aliphatic hydroxyl groups is 2. The van der Waals surface area contributed by atoms with Gasteiger partial charge in [-0.25, -0.2) is 0 Å². The molecule has 2 N–H and O–H groups in total. The van der Waals surface area contributed by atoms with E-state index in [0.29, 0.717) is 19.4 Å². The van der Waals surface area contributed by atoms with E-state index < -0.39 is 11.7 Å². The van der Waals surface area contributed by atoms with Crippen molar-refractivity contribution in [2.24, 2.45) is 5.92 Å². The summed E-state index contributed by atoms with van der Waals surface area (Å²) >= 11 is 0. The van der Waals surface area contributed by atoms with Crippen molar-refractivity contribution < 1.29 is 19.7 Å². The molecule has 4 heteroatoms. The number of rotatable bonds is 8. The van der Waals surface area contributed by atoms with Crippen LogP contribution >= 0.6 is 0 Å². The van der Waals surface area contributed by atoms with Crippen LogP contribution in [0.15, 0.2) is 23.3 Å². The molecule has 4 nitrogen and oxygen atoms in total. The second-order valence-corrected chi connectivity index (χ2v) is 7.45. The van der Waals surface area contributed by atoms with Crippen molar-refractivity contribution in [3.05, 3.63) is 23.3 Å². The zero-order valence-corrected chi connectivity index (χ0v) is 15.7. The lowest BCUT2D eigenvalue weighted by molar-refractivity contribution is -0.122. The van der Waals surface area contributed by atoms with E-state index in [4.69, 9.17) is 9.84 Å². The number of allylic oxidation sites excluding steroid dienone is 2. The summed E-state index contributed by atoms with van der Waals surface area (Å²) in [5.74, 6) is 0.314.